The summed E-state index contributed by atoms with van der Waals surface area (Å²) in [5.74, 6) is 0.774. The maximum atomic E-state index is 13.3. The molecule has 2 aliphatic heterocycles. The van der Waals surface area contributed by atoms with Gasteiger partial charge in [0.2, 0.25) is 0 Å². The van der Waals surface area contributed by atoms with Crippen molar-refractivity contribution in [1.29, 1.82) is 0 Å². The molecule has 11 heteroatoms. The minimum atomic E-state index is -1.36. The van der Waals surface area contributed by atoms with Crippen LogP contribution in [0, 0.1) is 6.92 Å². The van der Waals surface area contributed by atoms with E-state index >= 15 is 0 Å². The molecule has 1 aromatic heterocycles. The number of esters is 1. The van der Waals surface area contributed by atoms with Crippen molar-refractivity contribution in [3.63, 3.8) is 0 Å². The first-order chi connectivity index (χ1) is 24.3. The van der Waals surface area contributed by atoms with E-state index in [2.05, 4.69) is 4.98 Å². The summed E-state index contributed by atoms with van der Waals surface area (Å²) in [7, 11) is 3.21. The van der Waals surface area contributed by atoms with E-state index < -0.39 is 46.9 Å². The van der Waals surface area contributed by atoms with Gasteiger partial charge in [0.1, 0.15) is 35.9 Å². The van der Waals surface area contributed by atoms with E-state index in [1.807, 2.05) is 84.9 Å². The number of hydrogen-bond acceptors (Lipinski definition) is 9. The minimum absolute atomic E-state index is 0.00802. The minimum Gasteiger partial charge on any atom is -0.497 e. The summed E-state index contributed by atoms with van der Waals surface area (Å²) in [6.45, 7) is 1.36. The molecule has 0 radical (unpaired) electrons. The van der Waals surface area contributed by atoms with Crippen LogP contribution in [0.2, 0.25) is 0 Å². The van der Waals surface area contributed by atoms with E-state index in [4.69, 9.17) is 28.4 Å². The highest BCUT2D eigenvalue weighted by atomic mass is 16.7. The van der Waals surface area contributed by atoms with Gasteiger partial charge in [-0.3, -0.25) is 14.3 Å². The van der Waals surface area contributed by atoms with Gasteiger partial charge in [0.25, 0.3) is 5.56 Å². The molecule has 0 aliphatic carbocycles. The molecule has 2 bridgehead atoms. The normalized spacial score (nSPS) is 21.1. The molecular formula is C39H36N2O9. The molecule has 4 atom stereocenters. The fraction of sp³-hybridized carbons (Fsp3) is 0.256. The van der Waals surface area contributed by atoms with Crippen molar-refractivity contribution in [2.75, 3.05) is 27.4 Å². The predicted molar refractivity (Wildman–Crippen MR) is 183 cm³/mol. The molecule has 0 spiro atoms. The second-order valence-corrected chi connectivity index (χ2v) is 12.3. The highest BCUT2D eigenvalue weighted by molar-refractivity contribution is 5.89. The number of H-pyrrole nitrogens is 1. The number of rotatable bonds is 11. The van der Waals surface area contributed by atoms with Crippen LogP contribution in [-0.4, -0.2) is 60.8 Å². The quantitative estimate of drug-likeness (QED) is 0.156. The molecule has 4 aromatic carbocycles. The number of aromatic nitrogens is 2. The van der Waals surface area contributed by atoms with Gasteiger partial charge >= 0.3 is 11.7 Å². The molecule has 11 nitrogen and oxygen atoms in total. The largest absolute Gasteiger partial charge is 0.497 e. The van der Waals surface area contributed by atoms with Gasteiger partial charge in [-0.05, 0) is 60.0 Å². The number of nitrogens with one attached hydrogen (secondary N) is 1. The van der Waals surface area contributed by atoms with Crippen molar-refractivity contribution < 1.29 is 33.2 Å². The van der Waals surface area contributed by atoms with Crippen LogP contribution in [0.4, 0.5) is 0 Å². The van der Waals surface area contributed by atoms with Crippen molar-refractivity contribution in [3.8, 4) is 11.5 Å². The Morgan fingerprint density at radius 3 is 1.98 bits per heavy atom. The second-order valence-electron chi connectivity index (χ2n) is 12.3. The maximum Gasteiger partial charge on any atom is 0.338 e. The van der Waals surface area contributed by atoms with E-state index in [0.29, 0.717) is 22.6 Å². The summed E-state index contributed by atoms with van der Waals surface area (Å²) < 4.78 is 38.8. The monoisotopic (exact) mass is 676 g/mol. The molecule has 0 saturated carbocycles. The zero-order valence-electron chi connectivity index (χ0n) is 27.7. The van der Waals surface area contributed by atoms with Crippen molar-refractivity contribution in [3.05, 3.63) is 164 Å². The Labute approximate surface area is 287 Å². The van der Waals surface area contributed by atoms with Gasteiger partial charge in [-0.15, -0.1) is 0 Å². The molecule has 1 N–H and O–H groups in total. The van der Waals surface area contributed by atoms with Crippen LogP contribution < -0.4 is 20.7 Å². The summed E-state index contributed by atoms with van der Waals surface area (Å²) in [6.07, 6.45) is -1.34. The molecule has 256 valence electrons. The SMILES string of the molecule is COc1ccc(C(O[C@H]2[C@H]3OC[C@]2(COC(=O)c2ccccc2)O[C@H]3n2cc(C)c(=O)[nH]c2=O)(c2ccccc2)c2ccc(OC)cc2)cc1. The fourth-order valence-corrected chi connectivity index (χ4v) is 6.73. The van der Waals surface area contributed by atoms with Crippen LogP contribution in [0.25, 0.3) is 0 Å². The third-order valence-electron chi connectivity index (χ3n) is 9.33. The van der Waals surface area contributed by atoms with E-state index in [0.717, 1.165) is 16.7 Å². The van der Waals surface area contributed by atoms with Crippen molar-refractivity contribution in [1.82, 2.24) is 9.55 Å². The first-order valence-corrected chi connectivity index (χ1v) is 16.1. The fourth-order valence-electron chi connectivity index (χ4n) is 6.73. The Hall–Kier alpha value is -5.49. The van der Waals surface area contributed by atoms with Crippen molar-refractivity contribution in [2.45, 2.75) is 36.6 Å². The number of ether oxygens (including phenoxy) is 6. The van der Waals surface area contributed by atoms with Gasteiger partial charge in [-0.25, -0.2) is 9.59 Å². The smallest absolute Gasteiger partial charge is 0.338 e. The standard InChI is InChI=1S/C39H36N2O9/c1-25-22-41(37(44)40-34(25)42)35-32-33(38(50-35,23-47-32)24-48-36(43)26-10-6-4-7-11-26)49-39(27-12-8-5-9-13-27,28-14-18-30(45-2)19-15-28)29-16-20-31(46-3)21-17-29/h4-22,32-33,35H,23-24H2,1-3H3,(H,40,42,44)/t32-,33+,35-,38-/m1/s1. The molecule has 2 fully saturated rings. The van der Waals surface area contributed by atoms with Crippen molar-refractivity contribution in [2.24, 2.45) is 0 Å². The summed E-state index contributed by atoms with van der Waals surface area (Å²) in [4.78, 5) is 41.1. The highest BCUT2D eigenvalue weighted by Gasteiger charge is 2.66. The number of fused-ring (bicyclic) bond motifs is 2. The molecule has 50 heavy (non-hydrogen) atoms. The molecule has 2 saturated heterocycles. The summed E-state index contributed by atoms with van der Waals surface area (Å²) in [5.41, 5.74) is -0.795. The molecule has 3 heterocycles. The van der Waals surface area contributed by atoms with Gasteiger partial charge in [-0.1, -0.05) is 72.8 Å². The first kappa shape index (κ1) is 33.0. The third-order valence-corrected chi connectivity index (χ3v) is 9.33. The Kier molecular flexibility index (Phi) is 8.87. The molecule has 0 unspecified atom stereocenters. The highest BCUT2D eigenvalue weighted by Crippen LogP contribution is 2.52. The van der Waals surface area contributed by atoms with Crippen LogP contribution in [-0.2, 0) is 24.5 Å². The van der Waals surface area contributed by atoms with Crippen LogP contribution in [0.5, 0.6) is 11.5 Å². The lowest BCUT2D eigenvalue weighted by Crippen LogP contribution is -2.50. The molecule has 5 aromatic rings. The lowest BCUT2D eigenvalue weighted by atomic mass is 9.79. The predicted octanol–water partition coefficient (Wildman–Crippen LogP) is 4.76. The Morgan fingerprint density at radius 1 is 0.840 bits per heavy atom. The number of nitrogens with zero attached hydrogens (tertiary/aromatic N) is 1. The topological polar surface area (TPSA) is 127 Å². The van der Waals surface area contributed by atoms with Crippen molar-refractivity contribution >= 4 is 5.97 Å². The van der Waals surface area contributed by atoms with Crippen LogP contribution >= 0.6 is 0 Å². The zero-order chi connectivity index (χ0) is 34.9. The van der Waals surface area contributed by atoms with Gasteiger partial charge in [-0.2, -0.15) is 0 Å². The number of carbonyl (C=O) groups excluding carboxylic acids is 1. The summed E-state index contributed by atoms with van der Waals surface area (Å²) in [6, 6.07) is 33.6. The number of carbonyl (C=O) groups is 1. The average Bonchev–Trinajstić information content (AvgIpc) is 3.66. The van der Waals surface area contributed by atoms with Crippen LogP contribution in [0.15, 0.2) is 125 Å². The number of methoxy groups -OCH3 is 2. The van der Waals surface area contributed by atoms with E-state index in [1.165, 1.54) is 10.8 Å². The Morgan fingerprint density at radius 2 is 1.40 bits per heavy atom. The number of benzene rings is 4. The van der Waals surface area contributed by atoms with E-state index in [9.17, 15) is 14.4 Å². The lowest BCUT2D eigenvalue weighted by molar-refractivity contribution is -0.192. The van der Waals surface area contributed by atoms with Gasteiger partial charge in [0.15, 0.2) is 11.8 Å². The number of aryl methyl sites for hydroxylation is 1. The number of aromatic amines is 1. The lowest BCUT2D eigenvalue weighted by Gasteiger charge is -2.40. The number of hydrogen-bond donors (Lipinski definition) is 1. The average molecular weight is 677 g/mol. The van der Waals surface area contributed by atoms with Gasteiger partial charge in [0, 0.05) is 11.8 Å². The summed E-state index contributed by atoms with van der Waals surface area (Å²) >= 11 is 0. The Balaban J connectivity index is 1.39. The maximum absolute atomic E-state index is 13.3. The molecule has 7 rings (SSSR count). The van der Waals surface area contributed by atoms with E-state index in [-0.39, 0.29) is 13.2 Å². The first-order valence-electron chi connectivity index (χ1n) is 16.1. The molecule has 0 amide bonds. The van der Waals surface area contributed by atoms with Crippen LogP contribution in [0.3, 0.4) is 0 Å². The van der Waals surface area contributed by atoms with Crippen LogP contribution in [0.1, 0.15) is 38.8 Å². The summed E-state index contributed by atoms with van der Waals surface area (Å²) in [5, 5.41) is 0. The molecular weight excluding hydrogens is 640 g/mol. The molecule has 2 aliphatic rings. The Bertz CT molecular complexity index is 2030. The van der Waals surface area contributed by atoms with Gasteiger partial charge < -0.3 is 28.4 Å². The van der Waals surface area contributed by atoms with Gasteiger partial charge in [0.05, 0.1) is 26.4 Å². The second kappa shape index (κ2) is 13.4. The zero-order valence-corrected chi connectivity index (χ0v) is 27.7. The van der Waals surface area contributed by atoms with E-state index in [1.54, 1.807) is 45.4 Å². The third kappa shape index (κ3) is 5.79.